The third kappa shape index (κ3) is 2.18. The maximum absolute atomic E-state index is 12.8. The molecule has 0 heterocycles. The SMILES string of the molecule is CC1=C[C@H]2[C@@]3(O)[C@H](C)[C@@H](OC(N)=O)[C@]4(O)[C@@H]([C@@H]3C=C(CO)C[C@]2(O)C1=O)C4(C)C. The molecule has 8 nitrogen and oxygen atoms in total. The van der Waals surface area contributed by atoms with Gasteiger partial charge in [0.25, 0.3) is 0 Å². The third-order valence-electron chi connectivity index (χ3n) is 8.25. The first kappa shape index (κ1) is 20.5. The summed E-state index contributed by atoms with van der Waals surface area (Å²) in [5.74, 6) is -3.51. The Morgan fingerprint density at radius 2 is 1.90 bits per heavy atom. The summed E-state index contributed by atoms with van der Waals surface area (Å²) in [5.41, 5.74) is 0.251. The highest BCUT2D eigenvalue weighted by atomic mass is 16.6. The van der Waals surface area contributed by atoms with E-state index in [9.17, 15) is 30.0 Å². The van der Waals surface area contributed by atoms with E-state index in [0.29, 0.717) is 11.1 Å². The Morgan fingerprint density at radius 1 is 1.28 bits per heavy atom. The molecule has 0 spiro atoms. The van der Waals surface area contributed by atoms with Crippen LogP contribution in [0.1, 0.15) is 34.1 Å². The number of aliphatic hydroxyl groups is 4. The fourth-order valence-electron chi connectivity index (χ4n) is 6.73. The predicted octanol–water partition coefficient (Wildman–Crippen LogP) is 0.0331. The standard InChI is InChI=1S/C21H29NO7/c1-9-5-13-19(26,15(9)24)7-11(8-23)6-12-14-18(3,4)21(14,28)16(29-17(22)25)10(2)20(12,13)27/h5-6,10,12-14,16,23,26-28H,7-8H2,1-4H3,(H2,22,25)/t10-,12+,13-,14+,16-,19-,20-,21-/m1/s1. The van der Waals surface area contributed by atoms with Crippen molar-refractivity contribution in [1.29, 1.82) is 0 Å². The molecule has 160 valence electrons. The number of carbonyl (C=O) groups excluding carboxylic acids is 2. The highest BCUT2D eigenvalue weighted by molar-refractivity contribution is 6.04. The summed E-state index contributed by atoms with van der Waals surface area (Å²) >= 11 is 0. The van der Waals surface area contributed by atoms with E-state index >= 15 is 0 Å². The predicted molar refractivity (Wildman–Crippen MR) is 101 cm³/mol. The molecular weight excluding hydrogens is 378 g/mol. The fraction of sp³-hybridized carbons (Fsp3) is 0.714. The summed E-state index contributed by atoms with van der Waals surface area (Å²) in [6.45, 7) is 6.47. The van der Waals surface area contributed by atoms with Crippen LogP contribution in [0.4, 0.5) is 4.79 Å². The summed E-state index contributed by atoms with van der Waals surface area (Å²) in [4.78, 5) is 24.5. The van der Waals surface area contributed by atoms with Gasteiger partial charge in [0, 0.05) is 35.5 Å². The van der Waals surface area contributed by atoms with Crippen molar-refractivity contribution in [2.75, 3.05) is 6.61 Å². The molecule has 0 radical (unpaired) electrons. The molecule has 4 aliphatic carbocycles. The van der Waals surface area contributed by atoms with Gasteiger partial charge in [-0.15, -0.1) is 0 Å². The maximum Gasteiger partial charge on any atom is 0.404 e. The van der Waals surface area contributed by atoms with Crippen molar-refractivity contribution in [3.05, 3.63) is 23.3 Å². The first-order chi connectivity index (χ1) is 13.3. The van der Waals surface area contributed by atoms with E-state index in [-0.39, 0.29) is 13.0 Å². The number of aliphatic hydroxyl groups excluding tert-OH is 1. The molecule has 0 unspecified atom stereocenters. The zero-order valence-electron chi connectivity index (χ0n) is 17.0. The number of amides is 1. The topological polar surface area (TPSA) is 150 Å². The molecule has 0 aromatic rings. The average Bonchev–Trinajstić information content (AvgIpc) is 3.02. The third-order valence-corrected chi connectivity index (χ3v) is 8.25. The highest BCUT2D eigenvalue weighted by Crippen LogP contribution is 2.75. The van der Waals surface area contributed by atoms with E-state index in [2.05, 4.69) is 0 Å². The summed E-state index contributed by atoms with van der Waals surface area (Å²) in [5, 5.41) is 44.9. The van der Waals surface area contributed by atoms with Crippen molar-refractivity contribution in [3.63, 3.8) is 0 Å². The zero-order valence-corrected chi connectivity index (χ0v) is 17.0. The molecule has 0 aromatic heterocycles. The molecule has 4 aliphatic rings. The van der Waals surface area contributed by atoms with Crippen molar-refractivity contribution in [2.24, 2.45) is 34.8 Å². The van der Waals surface area contributed by atoms with Gasteiger partial charge in [-0.25, -0.2) is 4.79 Å². The van der Waals surface area contributed by atoms with Crippen molar-refractivity contribution < 1.29 is 34.8 Å². The van der Waals surface area contributed by atoms with Crippen LogP contribution in [0.5, 0.6) is 0 Å². The second kappa shape index (κ2) is 5.69. The minimum atomic E-state index is -1.91. The van der Waals surface area contributed by atoms with E-state index in [1.54, 1.807) is 26.0 Å². The van der Waals surface area contributed by atoms with Gasteiger partial charge < -0.3 is 30.9 Å². The molecule has 4 rings (SSSR count). The van der Waals surface area contributed by atoms with Crippen molar-refractivity contribution in [3.8, 4) is 0 Å². The average molecular weight is 407 g/mol. The smallest absolute Gasteiger partial charge is 0.404 e. The minimum absolute atomic E-state index is 0.112. The molecular formula is C21H29NO7. The van der Waals surface area contributed by atoms with Crippen molar-refractivity contribution >= 4 is 11.9 Å². The van der Waals surface area contributed by atoms with E-state index < -0.39 is 63.9 Å². The van der Waals surface area contributed by atoms with E-state index in [1.807, 2.05) is 13.8 Å². The van der Waals surface area contributed by atoms with Gasteiger partial charge in [-0.05, 0) is 18.1 Å². The lowest BCUT2D eigenvalue weighted by atomic mass is 9.59. The zero-order chi connectivity index (χ0) is 21.7. The number of nitrogens with two attached hydrogens (primary N) is 1. The number of hydrogen-bond donors (Lipinski definition) is 5. The van der Waals surface area contributed by atoms with Gasteiger partial charge in [0.1, 0.15) is 17.3 Å². The first-order valence-electron chi connectivity index (χ1n) is 9.94. The molecule has 29 heavy (non-hydrogen) atoms. The number of rotatable bonds is 2. The fourth-order valence-corrected chi connectivity index (χ4v) is 6.73. The molecule has 6 N–H and O–H groups in total. The van der Waals surface area contributed by atoms with Crippen LogP contribution in [0.2, 0.25) is 0 Å². The van der Waals surface area contributed by atoms with Crippen molar-refractivity contribution in [2.45, 2.75) is 57.0 Å². The molecule has 0 bridgehead atoms. The van der Waals surface area contributed by atoms with Crippen LogP contribution < -0.4 is 5.73 Å². The Hall–Kier alpha value is -1.74. The number of ether oxygens (including phenoxy) is 1. The lowest BCUT2D eigenvalue weighted by molar-refractivity contribution is -0.208. The quantitative estimate of drug-likeness (QED) is 0.405. The Balaban J connectivity index is 1.95. The first-order valence-corrected chi connectivity index (χ1v) is 9.94. The van der Waals surface area contributed by atoms with Crippen LogP contribution in [0.15, 0.2) is 23.3 Å². The van der Waals surface area contributed by atoms with Gasteiger partial charge in [0.05, 0.1) is 12.2 Å². The molecule has 1 amide bonds. The van der Waals surface area contributed by atoms with E-state index in [1.165, 1.54) is 0 Å². The lowest BCUT2D eigenvalue weighted by Gasteiger charge is -2.52. The van der Waals surface area contributed by atoms with Gasteiger partial charge in [0.2, 0.25) is 0 Å². The maximum atomic E-state index is 12.8. The summed E-state index contributed by atoms with van der Waals surface area (Å²) in [7, 11) is 0. The number of hydrogen-bond acceptors (Lipinski definition) is 7. The van der Waals surface area contributed by atoms with Gasteiger partial charge in [-0.1, -0.05) is 32.9 Å². The van der Waals surface area contributed by atoms with Crippen LogP contribution >= 0.6 is 0 Å². The second-order valence-electron chi connectivity index (χ2n) is 9.82. The molecule has 0 saturated heterocycles. The molecule has 2 saturated carbocycles. The summed E-state index contributed by atoms with van der Waals surface area (Å²) in [6, 6.07) is 0. The number of carbonyl (C=O) groups is 2. The van der Waals surface area contributed by atoms with Gasteiger partial charge in [-0.2, -0.15) is 0 Å². The minimum Gasteiger partial charge on any atom is -0.443 e. The molecule has 8 atom stereocenters. The van der Waals surface area contributed by atoms with Crippen LogP contribution in [0, 0.1) is 29.1 Å². The Morgan fingerprint density at radius 3 is 2.45 bits per heavy atom. The van der Waals surface area contributed by atoms with Gasteiger partial charge in [0.15, 0.2) is 5.78 Å². The van der Waals surface area contributed by atoms with Crippen LogP contribution in [0.25, 0.3) is 0 Å². The van der Waals surface area contributed by atoms with Gasteiger partial charge in [-0.3, -0.25) is 4.79 Å². The van der Waals surface area contributed by atoms with E-state index in [4.69, 9.17) is 10.5 Å². The second-order valence-corrected chi connectivity index (χ2v) is 9.82. The lowest BCUT2D eigenvalue weighted by Crippen LogP contribution is -2.65. The molecule has 2 fully saturated rings. The Kier molecular flexibility index (Phi) is 4.03. The van der Waals surface area contributed by atoms with Crippen LogP contribution in [0.3, 0.4) is 0 Å². The highest BCUT2D eigenvalue weighted by Gasteiger charge is 2.85. The number of fused-ring (bicyclic) bond motifs is 5. The van der Waals surface area contributed by atoms with Crippen LogP contribution in [-0.4, -0.2) is 61.8 Å². The van der Waals surface area contributed by atoms with E-state index in [0.717, 1.165) is 0 Å². The summed E-state index contributed by atoms with van der Waals surface area (Å²) < 4.78 is 5.31. The Bertz CT molecular complexity index is 863. The summed E-state index contributed by atoms with van der Waals surface area (Å²) in [6.07, 6.45) is 0.969. The number of Topliss-reactive ketones (excluding diaryl/α,β-unsaturated/α-hetero) is 1. The Labute approximate surface area is 169 Å². The largest absolute Gasteiger partial charge is 0.443 e. The molecule has 0 aromatic carbocycles. The van der Waals surface area contributed by atoms with Gasteiger partial charge >= 0.3 is 6.09 Å². The van der Waals surface area contributed by atoms with Crippen LogP contribution in [-0.2, 0) is 9.53 Å². The van der Waals surface area contributed by atoms with Crippen molar-refractivity contribution in [1.82, 2.24) is 0 Å². The molecule has 8 heteroatoms. The number of ketones is 1. The normalized spacial score (nSPS) is 49.8. The number of primary amides is 1. The molecule has 0 aliphatic heterocycles. The monoisotopic (exact) mass is 407 g/mol.